The van der Waals surface area contributed by atoms with Gasteiger partial charge in [-0.3, -0.25) is 4.79 Å². The van der Waals surface area contributed by atoms with Crippen molar-refractivity contribution < 1.29 is 9.21 Å². The zero-order chi connectivity index (χ0) is 20.5. The molecule has 4 aromatic rings. The maximum Gasteiger partial charge on any atom is 0.173 e. The molecule has 2 heterocycles. The molecule has 1 aliphatic rings. The predicted octanol–water partition coefficient (Wildman–Crippen LogP) is 5.87. The van der Waals surface area contributed by atoms with Gasteiger partial charge in [0.15, 0.2) is 16.4 Å². The molecule has 2 aromatic carbocycles. The van der Waals surface area contributed by atoms with Crippen molar-refractivity contribution in [3.8, 4) is 0 Å². The van der Waals surface area contributed by atoms with Gasteiger partial charge >= 0.3 is 0 Å². The first kappa shape index (κ1) is 19.3. The van der Waals surface area contributed by atoms with Crippen molar-refractivity contribution in [3.63, 3.8) is 0 Å². The van der Waals surface area contributed by atoms with E-state index in [1.165, 1.54) is 17.3 Å². The molecule has 0 radical (unpaired) electrons. The molecular formula is C24H20N2O2S2. The molecule has 0 fully saturated rings. The fourth-order valence-corrected chi connectivity index (χ4v) is 5.10. The largest absolute Gasteiger partial charge is 0.458 e. The molecule has 0 unspecified atom stereocenters. The van der Waals surface area contributed by atoms with Crippen LogP contribution in [0.4, 0.5) is 0 Å². The molecule has 0 bridgehead atoms. The Balaban J connectivity index is 1.54. The number of benzene rings is 2. The lowest BCUT2D eigenvalue weighted by Gasteiger charge is -2.10. The van der Waals surface area contributed by atoms with Gasteiger partial charge in [-0.2, -0.15) is 5.10 Å². The number of Topliss-reactive ketones (excluding diaryl/α,β-unsaturated/α-hetero) is 1. The van der Waals surface area contributed by atoms with Crippen LogP contribution in [0.15, 0.2) is 70.1 Å². The number of hydrogen-bond donors (Lipinski definition) is 0. The van der Waals surface area contributed by atoms with E-state index in [1.54, 1.807) is 0 Å². The number of hydrogen-bond acceptors (Lipinski definition) is 5. The van der Waals surface area contributed by atoms with E-state index in [0.29, 0.717) is 22.5 Å². The van der Waals surface area contributed by atoms with Crippen molar-refractivity contribution in [2.45, 2.75) is 30.8 Å². The first-order valence-corrected chi connectivity index (χ1v) is 11.4. The fraction of sp³-hybridized carbons (Fsp3) is 0.208. The SMILES string of the molecule is O=C(CSc1nn(Cc2ccccc2)c(=S)c2c3c(oc12)CCC3)c1ccccc1. The first-order chi connectivity index (χ1) is 14.7. The molecule has 1 aliphatic carbocycles. The van der Waals surface area contributed by atoms with Gasteiger partial charge < -0.3 is 4.42 Å². The summed E-state index contributed by atoms with van der Waals surface area (Å²) in [5.74, 6) is 1.40. The second-order valence-corrected chi connectivity index (χ2v) is 8.74. The van der Waals surface area contributed by atoms with Gasteiger partial charge in [-0.05, 0) is 18.4 Å². The Morgan fingerprint density at radius 3 is 2.57 bits per heavy atom. The van der Waals surface area contributed by atoms with Crippen LogP contribution in [-0.4, -0.2) is 21.3 Å². The number of thioether (sulfide) groups is 1. The Morgan fingerprint density at radius 2 is 1.80 bits per heavy atom. The summed E-state index contributed by atoms with van der Waals surface area (Å²) >= 11 is 7.25. The third-order valence-corrected chi connectivity index (χ3v) is 6.75. The number of aryl methyl sites for hydroxylation is 2. The van der Waals surface area contributed by atoms with Crippen LogP contribution in [0.2, 0.25) is 0 Å². The van der Waals surface area contributed by atoms with Crippen molar-refractivity contribution in [1.82, 2.24) is 9.78 Å². The average molecular weight is 433 g/mol. The van der Waals surface area contributed by atoms with E-state index in [0.717, 1.165) is 46.6 Å². The van der Waals surface area contributed by atoms with E-state index in [1.807, 2.05) is 53.2 Å². The second-order valence-electron chi connectivity index (χ2n) is 7.39. The lowest BCUT2D eigenvalue weighted by Crippen LogP contribution is -2.09. The number of nitrogens with zero attached hydrogens (tertiary/aromatic N) is 2. The third-order valence-electron chi connectivity index (χ3n) is 5.39. The quantitative estimate of drug-likeness (QED) is 0.217. The lowest BCUT2D eigenvalue weighted by atomic mass is 10.2. The van der Waals surface area contributed by atoms with Gasteiger partial charge in [0.1, 0.15) is 10.4 Å². The molecule has 0 aliphatic heterocycles. The normalized spacial score (nSPS) is 12.9. The van der Waals surface area contributed by atoms with Crippen LogP contribution >= 0.6 is 24.0 Å². The second kappa shape index (κ2) is 8.20. The van der Waals surface area contributed by atoms with Gasteiger partial charge in [0.05, 0.1) is 17.7 Å². The maximum absolute atomic E-state index is 12.6. The van der Waals surface area contributed by atoms with E-state index in [2.05, 4.69) is 12.1 Å². The van der Waals surface area contributed by atoms with Crippen molar-refractivity contribution >= 4 is 40.7 Å². The van der Waals surface area contributed by atoms with E-state index in [4.69, 9.17) is 21.7 Å². The van der Waals surface area contributed by atoms with E-state index in [9.17, 15) is 4.79 Å². The summed E-state index contributed by atoms with van der Waals surface area (Å²) in [6.07, 6.45) is 3.01. The molecule has 0 atom stereocenters. The minimum absolute atomic E-state index is 0.0757. The van der Waals surface area contributed by atoms with Crippen LogP contribution in [-0.2, 0) is 19.4 Å². The molecule has 5 rings (SSSR count). The molecule has 0 spiro atoms. The summed E-state index contributed by atoms with van der Waals surface area (Å²) in [5.41, 5.74) is 3.80. The average Bonchev–Trinajstić information content (AvgIpc) is 3.37. The molecule has 30 heavy (non-hydrogen) atoms. The Morgan fingerprint density at radius 1 is 1.07 bits per heavy atom. The molecule has 0 saturated carbocycles. The molecular weight excluding hydrogens is 412 g/mol. The van der Waals surface area contributed by atoms with Gasteiger partial charge in [0.2, 0.25) is 0 Å². The molecule has 2 aromatic heterocycles. The highest BCUT2D eigenvalue weighted by Crippen LogP contribution is 2.37. The summed E-state index contributed by atoms with van der Waals surface area (Å²) in [7, 11) is 0. The van der Waals surface area contributed by atoms with Gasteiger partial charge in [-0.1, -0.05) is 84.6 Å². The van der Waals surface area contributed by atoms with Gasteiger partial charge in [0.25, 0.3) is 0 Å². The smallest absolute Gasteiger partial charge is 0.173 e. The number of fused-ring (bicyclic) bond motifs is 3. The predicted molar refractivity (Wildman–Crippen MR) is 122 cm³/mol. The summed E-state index contributed by atoms with van der Waals surface area (Å²) in [4.78, 5) is 12.6. The van der Waals surface area contributed by atoms with Gasteiger partial charge in [-0.15, -0.1) is 0 Å². The zero-order valence-electron chi connectivity index (χ0n) is 16.3. The molecule has 0 N–H and O–H groups in total. The van der Waals surface area contributed by atoms with Crippen molar-refractivity contribution in [2.24, 2.45) is 0 Å². The molecule has 0 saturated heterocycles. The summed E-state index contributed by atoms with van der Waals surface area (Å²) < 4.78 is 8.77. The standard InChI is InChI=1S/C24H20N2O2S2/c27-19(17-10-5-2-6-11-17)15-30-23-22-21(18-12-7-13-20(18)28-22)24(29)26(25-23)14-16-8-3-1-4-9-16/h1-6,8-11H,7,12-15H2. The topological polar surface area (TPSA) is 48.0 Å². The number of furan rings is 1. The van der Waals surface area contributed by atoms with Crippen molar-refractivity contribution in [1.29, 1.82) is 0 Å². The minimum atomic E-state index is 0.0757. The van der Waals surface area contributed by atoms with E-state index >= 15 is 0 Å². The van der Waals surface area contributed by atoms with Crippen molar-refractivity contribution in [3.05, 3.63) is 87.8 Å². The number of ketones is 1. The number of aromatic nitrogens is 2. The monoisotopic (exact) mass is 432 g/mol. The Hall–Kier alpha value is -2.70. The summed E-state index contributed by atoms with van der Waals surface area (Å²) in [5, 5.41) is 6.53. The van der Waals surface area contributed by atoms with Crippen LogP contribution < -0.4 is 0 Å². The number of carbonyl (C=O) groups excluding carboxylic acids is 1. The highest BCUT2D eigenvalue weighted by atomic mass is 32.2. The van der Waals surface area contributed by atoms with E-state index in [-0.39, 0.29) is 5.78 Å². The van der Waals surface area contributed by atoms with Crippen molar-refractivity contribution in [2.75, 3.05) is 5.75 Å². The minimum Gasteiger partial charge on any atom is -0.458 e. The Kier molecular flexibility index (Phi) is 5.27. The van der Waals surface area contributed by atoms with Crippen LogP contribution in [0, 0.1) is 4.64 Å². The van der Waals surface area contributed by atoms with E-state index < -0.39 is 0 Å². The summed E-state index contributed by atoms with van der Waals surface area (Å²) in [6.45, 7) is 0.593. The zero-order valence-corrected chi connectivity index (χ0v) is 18.0. The Bertz CT molecular complexity index is 1280. The molecule has 4 nitrogen and oxygen atoms in total. The van der Waals surface area contributed by atoms with Crippen LogP contribution in [0.5, 0.6) is 0 Å². The van der Waals surface area contributed by atoms with Gasteiger partial charge in [-0.25, -0.2) is 4.68 Å². The molecule has 6 heteroatoms. The van der Waals surface area contributed by atoms with Crippen LogP contribution in [0.1, 0.15) is 33.7 Å². The maximum atomic E-state index is 12.6. The van der Waals surface area contributed by atoms with Crippen LogP contribution in [0.25, 0.3) is 11.0 Å². The Labute approximate surface area is 183 Å². The molecule has 150 valence electrons. The number of carbonyl (C=O) groups is 1. The summed E-state index contributed by atoms with van der Waals surface area (Å²) in [6, 6.07) is 19.5. The first-order valence-electron chi connectivity index (χ1n) is 10.0. The highest BCUT2D eigenvalue weighted by Gasteiger charge is 2.25. The lowest BCUT2D eigenvalue weighted by molar-refractivity contribution is 0.102. The van der Waals surface area contributed by atoms with Crippen LogP contribution in [0.3, 0.4) is 0 Å². The molecule has 0 amide bonds. The highest BCUT2D eigenvalue weighted by molar-refractivity contribution is 8.00. The third kappa shape index (κ3) is 3.61. The number of rotatable bonds is 6. The van der Waals surface area contributed by atoms with Gasteiger partial charge in [0, 0.05) is 17.5 Å². The fourth-order valence-electron chi connectivity index (χ4n) is 3.91.